The Morgan fingerprint density at radius 3 is 2.55 bits per heavy atom. The molecule has 0 heterocycles. The van der Waals surface area contributed by atoms with Gasteiger partial charge in [0, 0.05) is 23.3 Å². The number of carbonyl (C=O) groups is 2. The number of carboxylic acids is 1. The van der Waals surface area contributed by atoms with Crippen LogP contribution >= 0.6 is 11.6 Å². The first-order chi connectivity index (χ1) is 9.52. The molecule has 0 saturated heterocycles. The fraction of sp³-hybridized carbons (Fsp3) is 0.500. The fourth-order valence-corrected chi connectivity index (χ4v) is 3.16. The van der Waals surface area contributed by atoms with Gasteiger partial charge >= 0.3 is 5.97 Å². The van der Waals surface area contributed by atoms with Crippen LogP contribution in [-0.4, -0.2) is 16.9 Å². The molecule has 4 heteroatoms. The van der Waals surface area contributed by atoms with Crippen molar-refractivity contribution in [3.8, 4) is 0 Å². The van der Waals surface area contributed by atoms with E-state index in [-0.39, 0.29) is 12.2 Å². The van der Waals surface area contributed by atoms with Crippen molar-refractivity contribution in [2.75, 3.05) is 0 Å². The molecule has 0 amide bonds. The van der Waals surface area contributed by atoms with Crippen molar-refractivity contribution in [2.24, 2.45) is 5.41 Å². The van der Waals surface area contributed by atoms with Crippen LogP contribution in [0.2, 0.25) is 5.02 Å². The fourth-order valence-electron chi connectivity index (χ4n) is 3.03. The van der Waals surface area contributed by atoms with Gasteiger partial charge in [-0.3, -0.25) is 9.59 Å². The number of Topliss-reactive ketones (excluding diaryl/α,β-unsaturated/α-hetero) is 1. The normalized spacial score (nSPS) is 22.8. The average molecular weight is 295 g/mol. The van der Waals surface area contributed by atoms with Gasteiger partial charge in [0.05, 0.1) is 0 Å². The van der Waals surface area contributed by atoms with Gasteiger partial charge in [0.1, 0.15) is 5.78 Å². The second-order valence-electron chi connectivity index (χ2n) is 5.61. The van der Waals surface area contributed by atoms with E-state index in [1.54, 1.807) is 0 Å². The van der Waals surface area contributed by atoms with Crippen LogP contribution in [-0.2, 0) is 16.0 Å². The highest BCUT2D eigenvalue weighted by atomic mass is 35.5. The molecule has 2 rings (SSSR count). The van der Waals surface area contributed by atoms with Gasteiger partial charge in [-0.25, -0.2) is 0 Å². The highest BCUT2D eigenvalue weighted by Gasteiger charge is 2.39. The minimum Gasteiger partial charge on any atom is -0.481 e. The zero-order valence-electron chi connectivity index (χ0n) is 11.4. The predicted octanol–water partition coefficient (Wildman–Crippen LogP) is 3.88. The van der Waals surface area contributed by atoms with Gasteiger partial charge in [0.2, 0.25) is 0 Å². The summed E-state index contributed by atoms with van der Waals surface area (Å²) in [4.78, 5) is 23.2. The van der Waals surface area contributed by atoms with E-state index in [1.165, 1.54) is 0 Å². The van der Waals surface area contributed by atoms with E-state index in [0.29, 0.717) is 24.3 Å². The quantitative estimate of drug-likeness (QED) is 0.896. The van der Waals surface area contributed by atoms with E-state index in [1.807, 2.05) is 24.3 Å². The van der Waals surface area contributed by atoms with Gasteiger partial charge in [-0.05, 0) is 43.4 Å². The van der Waals surface area contributed by atoms with Crippen LogP contribution in [0.25, 0.3) is 0 Å². The lowest BCUT2D eigenvalue weighted by Gasteiger charge is -2.35. The summed E-state index contributed by atoms with van der Waals surface area (Å²) in [5.41, 5.74) is 0.555. The number of halogens is 1. The smallest absolute Gasteiger partial charge is 0.303 e. The SMILES string of the molecule is O=C(O)CCC1(Cc2ccc(Cl)cc2)CCCCC1=O. The standard InChI is InChI=1S/C16H19ClO3/c17-13-6-4-12(5-7-13)11-16(10-8-15(19)20)9-2-1-3-14(16)18/h4-7H,1-3,8-11H2,(H,19,20). The lowest BCUT2D eigenvalue weighted by molar-refractivity contribution is -0.139. The van der Waals surface area contributed by atoms with Crippen molar-refractivity contribution >= 4 is 23.4 Å². The minimum absolute atomic E-state index is 0.0549. The van der Waals surface area contributed by atoms with Crippen molar-refractivity contribution in [1.29, 1.82) is 0 Å². The number of hydrogen-bond donors (Lipinski definition) is 1. The Morgan fingerprint density at radius 2 is 1.95 bits per heavy atom. The first-order valence-electron chi connectivity index (χ1n) is 7.01. The maximum absolute atomic E-state index is 12.4. The number of ketones is 1. The lowest BCUT2D eigenvalue weighted by atomic mass is 9.67. The Balaban J connectivity index is 2.19. The van der Waals surface area contributed by atoms with Crippen molar-refractivity contribution in [3.63, 3.8) is 0 Å². The van der Waals surface area contributed by atoms with Crippen LogP contribution in [0.3, 0.4) is 0 Å². The molecule has 108 valence electrons. The molecule has 0 aromatic heterocycles. The Bertz CT molecular complexity index is 495. The molecule has 0 bridgehead atoms. The number of aliphatic carboxylic acids is 1. The van der Waals surface area contributed by atoms with Gasteiger partial charge in [-0.1, -0.05) is 30.2 Å². The van der Waals surface area contributed by atoms with Crippen molar-refractivity contribution < 1.29 is 14.7 Å². The Morgan fingerprint density at radius 1 is 1.25 bits per heavy atom. The second-order valence-corrected chi connectivity index (χ2v) is 6.04. The van der Waals surface area contributed by atoms with Crippen LogP contribution in [0.15, 0.2) is 24.3 Å². The third-order valence-electron chi connectivity index (χ3n) is 4.17. The molecule has 1 saturated carbocycles. The Labute approximate surface area is 123 Å². The molecule has 1 aliphatic rings. The van der Waals surface area contributed by atoms with Gasteiger partial charge in [0.25, 0.3) is 0 Å². The van der Waals surface area contributed by atoms with Crippen molar-refractivity contribution in [1.82, 2.24) is 0 Å². The summed E-state index contributed by atoms with van der Waals surface area (Å²) in [7, 11) is 0. The molecule has 0 aliphatic heterocycles. The largest absolute Gasteiger partial charge is 0.481 e. The van der Waals surface area contributed by atoms with E-state index < -0.39 is 11.4 Å². The Hall–Kier alpha value is -1.35. The van der Waals surface area contributed by atoms with Crippen LogP contribution in [0.1, 0.15) is 44.1 Å². The van der Waals surface area contributed by atoms with Crippen molar-refractivity contribution in [3.05, 3.63) is 34.9 Å². The van der Waals surface area contributed by atoms with E-state index in [2.05, 4.69) is 0 Å². The molecular formula is C16H19ClO3. The summed E-state index contributed by atoms with van der Waals surface area (Å²) >= 11 is 5.88. The third-order valence-corrected chi connectivity index (χ3v) is 4.43. The van der Waals surface area contributed by atoms with E-state index >= 15 is 0 Å². The zero-order chi connectivity index (χ0) is 14.6. The first kappa shape index (κ1) is 15.0. The van der Waals surface area contributed by atoms with Crippen LogP contribution in [0.4, 0.5) is 0 Å². The molecule has 1 N–H and O–H groups in total. The molecule has 1 unspecified atom stereocenters. The molecule has 1 atom stereocenters. The maximum atomic E-state index is 12.4. The van der Waals surface area contributed by atoms with Crippen LogP contribution in [0, 0.1) is 5.41 Å². The number of rotatable bonds is 5. The number of carboxylic acid groups (broad SMARTS) is 1. The van der Waals surface area contributed by atoms with E-state index in [9.17, 15) is 9.59 Å². The molecule has 20 heavy (non-hydrogen) atoms. The highest BCUT2D eigenvalue weighted by molar-refractivity contribution is 6.30. The summed E-state index contributed by atoms with van der Waals surface area (Å²) in [5, 5.41) is 9.59. The topological polar surface area (TPSA) is 54.4 Å². The average Bonchev–Trinajstić information content (AvgIpc) is 2.42. The Kier molecular flexibility index (Phi) is 4.81. The molecule has 1 fully saturated rings. The molecule has 1 aromatic rings. The van der Waals surface area contributed by atoms with Gasteiger partial charge in [-0.2, -0.15) is 0 Å². The van der Waals surface area contributed by atoms with E-state index in [4.69, 9.17) is 16.7 Å². The summed E-state index contributed by atoms with van der Waals surface area (Å²) in [5.74, 6) is -0.612. The molecule has 0 radical (unpaired) electrons. The van der Waals surface area contributed by atoms with Gasteiger partial charge in [-0.15, -0.1) is 0 Å². The highest BCUT2D eigenvalue weighted by Crippen LogP contribution is 2.40. The van der Waals surface area contributed by atoms with Crippen LogP contribution in [0.5, 0.6) is 0 Å². The predicted molar refractivity (Wildman–Crippen MR) is 77.9 cm³/mol. The lowest BCUT2D eigenvalue weighted by Crippen LogP contribution is -2.37. The van der Waals surface area contributed by atoms with Gasteiger partial charge < -0.3 is 5.11 Å². The van der Waals surface area contributed by atoms with E-state index in [0.717, 1.165) is 24.8 Å². The molecule has 0 spiro atoms. The summed E-state index contributed by atoms with van der Waals surface area (Å²) in [6.45, 7) is 0. The second kappa shape index (κ2) is 6.40. The summed E-state index contributed by atoms with van der Waals surface area (Å²) < 4.78 is 0. The molecule has 1 aromatic carbocycles. The molecular weight excluding hydrogens is 276 g/mol. The maximum Gasteiger partial charge on any atom is 0.303 e. The number of benzene rings is 1. The number of carbonyl (C=O) groups excluding carboxylic acids is 1. The zero-order valence-corrected chi connectivity index (χ0v) is 12.2. The van der Waals surface area contributed by atoms with Gasteiger partial charge in [0.15, 0.2) is 0 Å². The van der Waals surface area contributed by atoms with Crippen LogP contribution < -0.4 is 0 Å². The molecule has 3 nitrogen and oxygen atoms in total. The summed E-state index contributed by atoms with van der Waals surface area (Å²) in [6, 6.07) is 7.48. The molecule has 1 aliphatic carbocycles. The summed E-state index contributed by atoms with van der Waals surface area (Å²) in [6.07, 6.45) is 4.40. The number of hydrogen-bond acceptors (Lipinski definition) is 2. The first-order valence-corrected chi connectivity index (χ1v) is 7.39. The third kappa shape index (κ3) is 3.60. The van der Waals surface area contributed by atoms with Crippen molar-refractivity contribution in [2.45, 2.75) is 44.9 Å². The monoisotopic (exact) mass is 294 g/mol. The minimum atomic E-state index is -0.834.